The average molecular weight is 333 g/mol. The molecule has 0 aliphatic heterocycles. The van der Waals surface area contributed by atoms with E-state index < -0.39 is 0 Å². The zero-order valence-electron chi connectivity index (χ0n) is 14.3. The Balaban J connectivity index is 2.01. The first kappa shape index (κ1) is 17.8. The molecule has 0 saturated heterocycles. The van der Waals surface area contributed by atoms with Crippen molar-refractivity contribution >= 4 is 5.91 Å². The first-order valence-electron chi connectivity index (χ1n) is 8.08. The molecular formula is C17H23N3O4. The number of amides is 1. The first-order chi connectivity index (χ1) is 11.7. The van der Waals surface area contributed by atoms with E-state index in [1.165, 1.54) is 0 Å². The van der Waals surface area contributed by atoms with E-state index in [1.54, 1.807) is 7.11 Å². The zero-order chi connectivity index (χ0) is 17.4. The maximum Gasteiger partial charge on any atom is 0.226 e. The number of benzene rings is 1. The van der Waals surface area contributed by atoms with E-state index in [4.69, 9.17) is 14.0 Å². The molecule has 2 rings (SSSR count). The molecule has 0 spiro atoms. The Morgan fingerprint density at radius 3 is 2.83 bits per heavy atom. The van der Waals surface area contributed by atoms with Crippen molar-refractivity contribution in [3.8, 4) is 22.9 Å². The normalized spacial score (nSPS) is 10.5. The largest absolute Gasteiger partial charge is 0.493 e. The third-order valence-corrected chi connectivity index (χ3v) is 3.36. The van der Waals surface area contributed by atoms with Gasteiger partial charge in [-0.3, -0.25) is 4.79 Å². The van der Waals surface area contributed by atoms with Crippen molar-refractivity contribution in [2.45, 2.75) is 33.1 Å². The highest BCUT2D eigenvalue weighted by Crippen LogP contribution is 2.31. The van der Waals surface area contributed by atoms with Crippen LogP contribution < -0.4 is 14.8 Å². The Morgan fingerprint density at radius 2 is 2.12 bits per heavy atom. The smallest absolute Gasteiger partial charge is 0.226 e. The molecule has 0 atom stereocenters. The van der Waals surface area contributed by atoms with Gasteiger partial charge in [0.05, 0.1) is 13.7 Å². The van der Waals surface area contributed by atoms with Crippen molar-refractivity contribution in [3.05, 3.63) is 24.1 Å². The molecule has 0 aliphatic rings. The monoisotopic (exact) mass is 333 g/mol. The maximum absolute atomic E-state index is 11.4. The van der Waals surface area contributed by atoms with Gasteiger partial charge in [-0.05, 0) is 38.5 Å². The summed E-state index contributed by atoms with van der Waals surface area (Å²) < 4.78 is 16.1. The van der Waals surface area contributed by atoms with E-state index in [0.717, 1.165) is 5.56 Å². The molecule has 7 heteroatoms. The van der Waals surface area contributed by atoms with Gasteiger partial charge in [0.1, 0.15) is 0 Å². The Morgan fingerprint density at radius 1 is 1.29 bits per heavy atom. The van der Waals surface area contributed by atoms with Crippen LogP contribution in [0.1, 0.15) is 32.6 Å². The highest BCUT2D eigenvalue weighted by Gasteiger charge is 2.12. The van der Waals surface area contributed by atoms with Crippen LogP contribution in [0.15, 0.2) is 22.7 Å². The number of rotatable bonds is 9. The molecule has 0 bridgehead atoms. The van der Waals surface area contributed by atoms with Crippen LogP contribution in [0.25, 0.3) is 11.4 Å². The summed E-state index contributed by atoms with van der Waals surface area (Å²) in [4.78, 5) is 15.8. The number of aryl methyl sites for hydroxylation is 1. The van der Waals surface area contributed by atoms with Crippen molar-refractivity contribution in [1.29, 1.82) is 0 Å². The number of hydrogen-bond donors (Lipinski definition) is 1. The highest BCUT2D eigenvalue weighted by atomic mass is 16.5. The number of nitrogens with zero attached hydrogens (tertiary/aromatic N) is 2. The van der Waals surface area contributed by atoms with Gasteiger partial charge in [0, 0.05) is 24.9 Å². The van der Waals surface area contributed by atoms with Crippen molar-refractivity contribution < 1.29 is 18.8 Å². The van der Waals surface area contributed by atoms with Crippen LogP contribution in [0.2, 0.25) is 0 Å². The van der Waals surface area contributed by atoms with Gasteiger partial charge < -0.3 is 19.3 Å². The second kappa shape index (κ2) is 8.90. The van der Waals surface area contributed by atoms with E-state index in [1.807, 2.05) is 32.0 Å². The topological polar surface area (TPSA) is 86.5 Å². The molecule has 0 radical (unpaired) electrons. The van der Waals surface area contributed by atoms with Gasteiger partial charge in [-0.2, -0.15) is 4.98 Å². The van der Waals surface area contributed by atoms with Gasteiger partial charge in [-0.25, -0.2) is 0 Å². The first-order valence-corrected chi connectivity index (χ1v) is 8.08. The maximum atomic E-state index is 11.4. The predicted molar refractivity (Wildman–Crippen MR) is 89.1 cm³/mol. The van der Waals surface area contributed by atoms with Crippen LogP contribution >= 0.6 is 0 Å². The Bertz CT molecular complexity index is 670. The molecule has 1 aromatic carbocycles. The summed E-state index contributed by atoms with van der Waals surface area (Å²) in [6, 6.07) is 5.49. The predicted octanol–water partition coefficient (Wildman–Crippen LogP) is 2.60. The molecule has 1 aromatic heterocycles. The quantitative estimate of drug-likeness (QED) is 0.759. The molecule has 0 unspecified atom stereocenters. The Kier molecular flexibility index (Phi) is 6.60. The van der Waals surface area contributed by atoms with Crippen molar-refractivity contribution in [2.75, 3.05) is 20.3 Å². The summed E-state index contributed by atoms with van der Waals surface area (Å²) in [5.74, 6) is 2.34. The van der Waals surface area contributed by atoms with Gasteiger partial charge in [0.15, 0.2) is 11.5 Å². The van der Waals surface area contributed by atoms with Gasteiger partial charge >= 0.3 is 0 Å². The number of nitrogens with one attached hydrogen (secondary N) is 1. The van der Waals surface area contributed by atoms with E-state index in [2.05, 4.69) is 15.5 Å². The van der Waals surface area contributed by atoms with Crippen molar-refractivity contribution in [2.24, 2.45) is 0 Å². The third kappa shape index (κ3) is 4.71. The molecular weight excluding hydrogens is 310 g/mol. The zero-order valence-corrected chi connectivity index (χ0v) is 14.3. The molecule has 0 fully saturated rings. The number of carbonyl (C=O) groups is 1. The summed E-state index contributed by atoms with van der Waals surface area (Å²) in [6.45, 7) is 5.02. The SMILES string of the molecule is CCNC(=O)CCCc1nc(-c2ccc(OCC)c(OC)c2)no1. The van der Waals surface area contributed by atoms with Crippen LogP contribution in [0.4, 0.5) is 0 Å². The second-order valence-corrected chi connectivity index (χ2v) is 5.12. The summed E-state index contributed by atoms with van der Waals surface area (Å²) in [5, 5.41) is 6.75. The number of carbonyl (C=O) groups excluding carboxylic acids is 1. The molecule has 0 aliphatic carbocycles. The lowest BCUT2D eigenvalue weighted by Gasteiger charge is -2.09. The molecule has 2 aromatic rings. The standard InChI is InChI=1S/C17H23N3O4/c1-4-18-15(21)7-6-8-16-19-17(20-24-16)12-9-10-13(23-5-2)14(11-12)22-3/h9-11H,4-8H2,1-3H3,(H,18,21). The van der Waals surface area contributed by atoms with Gasteiger partial charge in [0.2, 0.25) is 17.6 Å². The third-order valence-electron chi connectivity index (χ3n) is 3.36. The second-order valence-electron chi connectivity index (χ2n) is 5.12. The number of aromatic nitrogens is 2. The lowest BCUT2D eigenvalue weighted by Crippen LogP contribution is -2.22. The summed E-state index contributed by atoms with van der Waals surface area (Å²) in [5.41, 5.74) is 0.786. The minimum Gasteiger partial charge on any atom is -0.493 e. The minimum atomic E-state index is 0.0356. The van der Waals surface area contributed by atoms with Crippen LogP contribution in [-0.4, -0.2) is 36.3 Å². The number of hydrogen-bond acceptors (Lipinski definition) is 6. The molecule has 1 N–H and O–H groups in total. The van der Waals surface area contributed by atoms with Gasteiger partial charge in [-0.1, -0.05) is 5.16 Å². The van der Waals surface area contributed by atoms with E-state index in [9.17, 15) is 4.79 Å². The highest BCUT2D eigenvalue weighted by molar-refractivity contribution is 5.75. The number of ether oxygens (including phenoxy) is 2. The van der Waals surface area contributed by atoms with E-state index in [0.29, 0.717) is 55.6 Å². The Labute approximate surface area is 141 Å². The lowest BCUT2D eigenvalue weighted by atomic mass is 10.2. The van der Waals surface area contributed by atoms with Crippen molar-refractivity contribution in [3.63, 3.8) is 0 Å². The van der Waals surface area contributed by atoms with Crippen LogP contribution in [-0.2, 0) is 11.2 Å². The lowest BCUT2D eigenvalue weighted by molar-refractivity contribution is -0.121. The molecule has 130 valence electrons. The molecule has 0 saturated carbocycles. The number of methoxy groups -OCH3 is 1. The van der Waals surface area contributed by atoms with E-state index in [-0.39, 0.29) is 5.91 Å². The van der Waals surface area contributed by atoms with Gasteiger partial charge in [-0.15, -0.1) is 0 Å². The molecule has 7 nitrogen and oxygen atoms in total. The molecule has 1 heterocycles. The minimum absolute atomic E-state index is 0.0356. The van der Waals surface area contributed by atoms with Crippen LogP contribution in [0.5, 0.6) is 11.5 Å². The summed E-state index contributed by atoms with van der Waals surface area (Å²) >= 11 is 0. The van der Waals surface area contributed by atoms with Crippen molar-refractivity contribution in [1.82, 2.24) is 15.5 Å². The van der Waals surface area contributed by atoms with Crippen LogP contribution in [0, 0.1) is 0 Å². The average Bonchev–Trinajstić information content (AvgIpc) is 3.04. The summed E-state index contributed by atoms with van der Waals surface area (Å²) in [6.07, 6.45) is 1.68. The molecule has 24 heavy (non-hydrogen) atoms. The molecule has 1 amide bonds. The fourth-order valence-electron chi connectivity index (χ4n) is 2.24. The summed E-state index contributed by atoms with van der Waals surface area (Å²) in [7, 11) is 1.59. The Hall–Kier alpha value is -2.57. The van der Waals surface area contributed by atoms with Gasteiger partial charge in [0.25, 0.3) is 0 Å². The van der Waals surface area contributed by atoms with Crippen LogP contribution in [0.3, 0.4) is 0 Å². The van der Waals surface area contributed by atoms with E-state index >= 15 is 0 Å². The fraction of sp³-hybridized carbons (Fsp3) is 0.471. The fourth-order valence-corrected chi connectivity index (χ4v) is 2.24.